The van der Waals surface area contributed by atoms with Gasteiger partial charge in [0, 0.05) is 31.2 Å². The number of carbonyl (C=O) groups excluding carboxylic acids is 3. The molecule has 2 heterocycles. The van der Waals surface area contributed by atoms with Crippen molar-refractivity contribution in [2.75, 3.05) is 18.4 Å². The first-order valence-corrected chi connectivity index (χ1v) is 17.5. The van der Waals surface area contributed by atoms with E-state index in [1.807, 2.05) is 6.92 Å². The Hall–Kier alpha value is -5.81. The molecule has 0 aliphatic carbocycles. The number of anilines is 1. The normalized spacial score (nSPS) is 12.4. The molecule has 4 rings (SSSR count). The number of carboxylic acid groups (broad SMARTS) is 1. The fourth-order valence-electron chi connectivity index (χ4n) is 5.32. The molecule has 0 saturated carbocycles. The Bertz CT molecular complexity index is 2260. The molecule has 0 bridgehead atoms. The lowest BCUT2D eigenvalue weighted by atomic mass is 10.1. The summed E-state index contributed by atoms with van der Waals surface area (Å²) in [5.74, 6) is -8.93. The molecule has 1 atom stereocenters. The molecular formula is C33H35F6N7O9S. The number of sulfonamides is 1. The Morgan fingerprint density at radius 1 is 0.964 bits per heavy atom. The molecule has 0 fully saturated rings. The van der Waals surface area contributed by atoms with Crippen LogP contribution in [0.3, 0.4) is 0 Å². The van der Waals surface area contributed by atoms with Crippen molar-refractivity contribution in [3.8, 4) is 0 Å². The molecule has 4 aromatic rings. The van der Waals surface area contributed by atoms with Gasteiger partial charge in [-0.25, -0.2) is 13.4 Å². The van der Waals surface area contributed by atoms with Crippen LogP contribution >= 0.6 is 0 Å². The zero-order valence-corrected chi connectivity index (χ0v) is 30.4. The first-order chi connectivity index (χ1) is 25.9. The third-order valence-electron chi connectivity index (χ3n) is 7.72. The van der Waals surface area contributed by atoms with Crippen LogP contribution in [-0.4, -0.2) is 87.9 Å². The maximum absolute atomic E-state index is 13.4. The number of halogens is 6. The van der Waals surface area contributed by atoms with Gasteiger partial charge in [-0.05, 0) is 62.6 Å². The second-order valence-corrected chi connectivity index (χ2v) is 13.8. The minimum Gasteiger partial charge on any atom is -0.480 e. The van der Waals surface area contributed by atoms with E-state index >= 15 is 0 Å². The van der Waals surface area contributed by atoms with Crippen LogP contribution < -0.4 is 26.5 Å². The van der Waals surface area contributed by atoms with Crippen LogP contribution in [0.15, 0.2) is 58.6 Å². The van der Waals surface area contributed by atoms with E-state index in [1.165, 1.54) is 18.6 Å². The predicted molar refractivity (Wildman–Crippen MR) is 185 cm³/mol. The number of pyridine rings is 1. The standard InChI is InChI=1S/C29H35N7O7S.C4F6O2/c1-17-11-18(2)26(19(3)12-17)44(42,43)34-23(28(39)40)15-32-27(38)22-16-35(9-4-7-30)24-13-20(5-6-21(24)25(22)37)14-33-29-31-8-10-36(29)41;5-3(6,7)1(11)2(12)4(8,9)10/h5-6,8,10-13,16,23,34,41H,4,7,9,14-15,30H2,1-3H3,(H,31,33)(H,32,38)(H,39,40);/t23-;/m0./s1. The molecule has 56 heavy (non-hydrogen) atoms. The number of carbonyl (C=O) groups is 4. The monoisotopic (exact) mass is 819 g/mol. The molecule has 0 spiro atoms. The van der Waals surface area contributed by atoms with Gasteiger partial charge < -0.3 is 31.2 Å². The number of nitrogens with zero attached hydrogens (tertiary/aromatic N) is 3. The molecule has 0 radical (unpaired) electrons. The predicted octanol–water partition coefficient (Wildman–Crippen LogP) is 2.73. The molecule has 23 heteroatoms. The van der Waals surface area contributed by atoms with Gasteiger partial charge in [0.2, 0.25) is 21.4 Å². The maximum Gasteiger partial charge on any atom is 0.458 e. The number of rotatable bonds is 14. The Labute approximate surface area is 313 Å². The van der Waals surface area contributed by atoms with Gasteiger partial charge in [0.25, 0.3) is 5.91 Å². The molecule has 0 aliphatic heterocycles. The second-order valence-electron chi connectivity index (χ2n) is 12.1. The van der Waals surface area contributed by atoms with E-state index in [2.05, 4.69) is 20.3 Å². The van der Waals surface area contributed by atoms with Crippen LogP contribution in [0.1, 0.15) is 39.0 Å². The number of alkyl halides is 6. The number of carboxylic acids is 1. The lowest BCUT2D eigenvalue weighted by molar-refractivity contribution is -0.193. The summed E-state index contributed by atoms with van der Waals surface area (Å²) in [6.07, 6.45) is -6.81. The quantitative estimate of drug-likeness (QED) is 0.0611. The number of imidazole rings is 1. The number of Topliss-reactive ketones (excluding diaryl/α,β-unsaturated/α-hetero) is 2. The summed E-state index contributed by atoms with van der Waals surface area (Å²) in [5, 5.41) is 25.1. The summed E-state index contributed by atoms with van der Waals surface area (Å²) in [7, 11) is -4.26. The highest BCUT2D eigenvalue weighted by atomic mass is 32.2. The minimum absolute atomic E-state index is 0.0332. The highest BCUT2D eigenvalue weighted by Gasteiger charge is 2.54. The zero-order chi connectivity index (χ0) is 42.3. The van der Waals surface area contributed by atoms with Gasteiger partial charge in [-0.3, -0.25) is 24.0 Å². The van der Waals surface area contributed by atoms with Gasteiger partial charge in [-0.2, -0.15) is 35.8 Å². The highest BCUT2D eigenvalue weighted by molar-refractivity contribution is 7.89. The Morgan fingerprint density at radius 3 is 2.05 bits per heavy atom. The zero-order valence-electron chi connectivity index (χ0n) is 29.6. The number of aliphatic carboxylic acids is 1. The van der Waals surface area contributed by atoms with Crippen LogP contribution in [-0.2, 0) is 37.5 Å². The number of aryl methyl sites for hydroxylation is 4. The van der Waals surface area contributed by atoms with Crippen molar-refractivity contribution in [2.24, 2.45) is 5.73 Å². The minimum atomic E-state index is -5.77. The summed E-state index contributed by atoms with van der Waals surface area (Å²) in [4.78, 5) is 61.8. The average Bonchev–Trinajstić information content (AvgIpc) is 3.50. The van der Waals surface area contributed by atoms with E-state index in [9.17, 15) is 69.0 Å². The average molecular weight is 820 g/mol. The van der Waals surface area contributed by atoms with Crippen LogP contribution in [0, 0.1) is 20.8 Å². The summed E-state index contributed by atoms with van der Waals surface area (Å²) < 4.78 is 98.0. The summed E-state index contributed by atoms with van der Waals surface area (Å²) in [5.41, 5.74) is 7.99. The number of fused-ring (bicyclic) bond motifs is 1. The third-order valence-corrected chi connectivity index (χ3v) is 9.50. The van der Waals surface area contributed by atoms with Gasteiger partial charge in [-0.1, -0.05) is 23.8 Å². The number of ketones is 2. The summed E-state index contributed by atoms with van der Waals surface area (Å²) in [6, 6.07) is 6.71. The van der Waals surface area contributed by atoms with Gasteiger partial charge >= 0.3 is 29.9 Å². The molecule has 0 saturated heterocycles. The largest absolute Gasteiger partial charge is 0.480 e. The van der Waals surface area contributed by atoms with Crippen molar-refractivity contribution >= 4 is 50.3 Å². The topological polar surface area (TPSA) is 245 Å². The lowest BCUT2D eigenvalue weighted by Gasteiger charge is -2.19. The number of amides is 1. The number of hydrogen-bond donors (Lipinski definition) is 6. The Kier molecular flexibility index (Phi) is 14.1. The molecular weight excluding hydrogens is 784 g/mol. The van der Waals surface area contributed by atoms with Crippen LogP contribution in [0.25, 0.3) is 10.9 Å². The van der Waals surface area contributed by atoms with E-state index in [0.717, 1.165) is 15.9 Å². The van der Waals surface area contributed by atoms with E-state index in [1.54, 1.807) is 48.7 Å². The lowest BCUT2D eigenvalue weighted by Crippen LogP contribution is -2.49. The molecule has 0 unspecified atom stereocenters. The number of aromatic nitrogens is 3. The Balaban J connectivity index is 0.000000604. The van der Waals surface area contributed by atoms with Crippen LogP contribution in [0.4, 0.5) is 32.3 Å². The Morgan fingerprint density at radius 2 is 1.55 bits per heavy atom. The van der Waals surface area contributed by atoms with Crippen molar-refractivity contribution in [1.82, 2.24) is 24.3 Å². The van der Waals surface area contributed by atoms with Crippen LogP contribution in [0.2, 0.25) is 0 Å². The van der Waals surface area contributed by atoms with E-state index in [0.29, 0.717) is 36.2 Å². The molecule has 1 amide bonds. The molecule has 0 aliphatic rings. The van der Waals surface area contributed by atoms with Crippen molar-refractivity contribution in [1.29, 1.82) is 0 Å². The van der Waals surface area contributed by atoms with Crippen LogP contribution in [0.5, 0.6) is 0 Å². The van der Waals surface area contributed by atoms with Gasteiger partial charge in [0.05, 0.1) is 22.8 Å². The van der Waals surface area contributed by atoms with Gasteiger partial charge in [0.1, 0.15) is 11.6 Å². The van der Waals surface area contributed by atoms with Crippen molar-refractivity contribution < 1.29 is 64.3 Å². The fraction of sp³-hybridized carbons (Fsp3) is 0.333. The molecule has 7 N–H and O–H groups in total. The van der Waals surface area contributed by atoms with Gasteiger partial charge in [-0.15, -0.1) is 0 Å². The van der Waals surface area contributed by atoms with Crippen molar-refractivity contribution in [2.45, 2.75) is 63.6 Å². The summed E-state index contributed by atoms with van der Waals surface area (Å²) in [6.45, 7) is 5.48. The van der Waals surface area contributed by atoms with Crippen molar-refractivity contribution in [3.63, 3.8) is 0 Å². The second kappa shape index (κ2) is 17.8. The number of hydrogen-bond acceptors (Lipinski definition) is 11. The molecule has 2 aromatic carbocycles. The third kappa shape index (κ3) is 11.1. The number of nitrogens with one attached hydrogen (secondary N) is 3. The summed E-state index contributed by atoms with van der Waals surface area (Å²) >= 11 is 0. The first-order valence-electron chi connectivity index (χ1n) is 16.1. The first kappa shape index (κ1) is 44.6. The molecule has 2 aromatic heterocycles. The number of nitrogens with two attached hydrogens (primary N) is 1. The highest BCUT2D eigenvalue weighted by Crippen LogP contribution is 2.24. The molecule has 16 nitrogen and oxygen atoms in total. The van der Waals surface area contributed by atoms with Gasteiger partial charge in [0.15, 0.2) is 0 Å². The molecule has 304 valence electrons. The maximum atomic E-state index is 13.4. The smallest absolute Gasteiger partial charge is 0.458 e. The van der Waals surface area contributed by atoms with E-state index in [-0.39, 0.29) is 28.3 Å². The SMILES string of the molecule is Cc1cc(C)c(S(=O)(=O)N[C@@H](CNC(=O)c2cn(CCCN)c3cc(CNc4nccn4O)ccc3c2=O)C(=O)O)c(C)c1.O=C(C(=O)C(F)(F)F)C(F)(F)F. The van der Waals surface area contributed by atoms with E-state index in [4.69, 9.17) is 5.73 Å². The van der Waals surface area contributed by atoms with E-state index < -0.39 is 63.8 Å². The number of benzene rings is 2. The van der Waals surface area contributed by atoms with Crippen molar-refractivity contribution in [3.05, 3.63) is 87.0 Å². The fourth-order valence-corrected chi connectivity index (χ4v) is 6.96.